The van der Waals surface area contributed by atoms with E-state index in [9.17, 15) is 4.79 Å². The maximum Gasteiger partial charge on any atom is 0.230 e. The van der Waals surface area contributed by atoms with Crippen molar-refractivity contribution in [3.63, 3.8) is 0 Å². The molecular formula is C19H29ClN2O2. The summed E-state index contributed by atoms with van der Waals surface area (Å²) in [7, 11) is 4.11. The monoisotopic (exact) mass is 352 g/mol. The van der Waals surface area contributed by atoms with Gasteiger partial charge < -0.3 is 15.0 Å². The minimum absolute atomic E-state index is 0.0978. The van der Waals surface area contributed by atoms with Crippen LogP contribution in [-0.2, 0) is 14.9 Å². The molecule has 1 atom stereocenters. The van der Waals surface area contributed by atoms with E-state index in [4.69, 9.17) is 16.3 Å². The second kappa shape index (κ2) is 8.32. The van der Waals surface area contributed by atoms with Crippen molar-refractivity contribution in [1.82, 2.24) is 10.2 Å². The van der Waals surface area contributed by atoms with Gasteiger partial charge in [0.15, 0.2) is 0 Å². The Morgan fingerprint density at radius 2 is 1.83 bits per heavy atom. The van der Waals surface area contributed by atoms with E-state index in [1.807, 2.05) is 24.3 Å². The van der Waals surface area contributed by atoms with E-state index in [-0.39, 0.29) is 5.91 Å². The van der Waals surface area contributed by atoms with E-state index in [2.05, 4.69) is 38.2 Å². The Morgan fingerprint density at radius 1 is 1.25 bits per heavy atom. The van der Waals surface area contributed by atoms with Crippen molar-refractivity contribution in [2.75, 3.05) is 33.9 Å². The maximum atomic E-state index is 13.1. The highest BCUT2D eigenvalue weighted by molar-refractivity contribution is 6.30. The zero-order valence-corrected chi connectivity index (χ0v) is 15.9. The smallest absolute Gasteiger partial charge is 0.230 e. The Morgan fingerprint density at radius 3 is 2.33 bits per heavy atom. The molecule has 1 N–H and O–H groups in total. The predicted octanol–water partition coefficient (Wildman–Crippen LogP) is 3.09. The van der Waals surface area contributed by atoms with Gasteiger partial charge >= 0.3 is 0 Å². The molecule has 1 aliphatic rings. The van der Waals surface area contributed by atoms with Crippen molar-refractivity contribution in [3.05, 3.63) is 34.9 Å². The zero-order valence-electron chi connectivity index (χ0n) is 15.1. The van der Waals surface area contributed by atoms with Gasteiger partial charge in [0.2, 0.25) is 5.91 Å². The van der Waals surface area contributed by atoms with Crippen LogP contribution in [-0.4, -0.2) is 50.7 Å². The molecule has 1 amide bonds. The fraction of sp³-hybridized carbons (Fsp3) is 0.632. The van der Waals surface area contributed by atoms with Gasteiger partial charge in [-0.25, -0.2) is 0 Å². The largest absolute Gasteiger partial charge is 0.381 e. The number of hydrogen-bond acceptors (Lipinski definition) is 3. The Kier molecular flexibility index (Phi) is 6.67. The molecule has 1 saturated heterocycles. The second-order valence-electron chi connectivity index (χ2n) is 7.19. The lowest BCUT2D eigenvalue weighted by atomic mass is 9.73. The highest BCUT2D eigenvalue weighted by atomic mass is 35.5. The number of carbonyl (C=O) groups is 1. The summed E-state index contributed by atoms with van der Waals surface area (Å²) in [6, 6.07) is 7.98. The van der Waals surface area contributed by atoms with Gasteiger partial charge in [0.1, 0.15) is 0 Å². The van der Waals surface area contributed by atoms with Gasteiger partial charge in [0.25, 0.3) is 0 Å². The average Bonchev–Trinajstić information content (AvgIpc) is 2.55. The summed E-state index contributed by atoms with van der Waals surface area (Å²) >= 11 is 6.02. The van der Waals surface area contributed by atoms with Crippen LogP contribution in [0, 0.1) is 5.92 Å². The van der Waals surface area contributed by atoms with Crippen molar-refractivity contribution in [3.8, 4) is 0 Å². The lowest BCUT2D eigenvalue weighted by Crippen LogP contribution is -2.52. The van der Waals surface area contributed by atoms with Crippen molar-refractivity contribution in [2.45, 2.75) is 38.1 Å². The summed E-state index contributed by atoms with van der Waals surface area (Å²) in [4.78, 5) is 15.3. The standard InChI is InChI=1S/C19H29ClN2O2/c1-14(2)17(22(3)4)13-21-18(23)19(9-11-24-12-10-19)15-5-7-16(20)8-6-15/h5-8,14,17H,9-13H2,1-4H3,(H,21,23)/t17-/m1/s1. The first kappa shape index (κ1) is 19.2. The Hall–Kier alpha value is -1.10. The highest BCUT2D eigenvalue weighted by Gasteiger charge is 2.41. The fourth-order valence-electron chi connectivity index (χ4n) is 3.52. The van der Waals surface area contributed by atoms with E-state index >= 15 is 0 Å². The van der Waals surface area contributed by atoms with Gasteiger partial charge in [0, 0.05) is 30.8 Å². The molecule has 0 spiro atoms. The third kappa shape index (κ3) is 4.29. The average molecular weight is 353 g/mol. The number of nitrogens with one attached hydrogen (secondary N) is 1. The summed E-state index contributed by atoms with van der Waals surface area (Å²) in [5.41, 5.74) is 0.509. The molecule has 24 heavy (non-hydrogen) atoms. The van der Waals surface area contributed by atoms with Crippen molar-refractivity contribution < 1.29 is 9.53 Å². The minimum atomic E-state index is -0.517. The van der Waals surface area contributed by atoms with Gasteiger partial charge in [-0.05, 0) is 50.6 Å². The molecule has 1 aromatic carbocycles. The van der Waals surface area contributed by atoms with E-state index in [0.717, 1.165) is 5.56 Å². The molecule has 1 fully saturated rings. The van der Waals surface area contributed by atoms with Crippen LogP contribution in [0.15, 0.2) is 24.3 Å². The summed E-state index contributed by atoms with van der Waals surface area (Å²) in [6.07, 6.45) is 1.41. The number of carbonyl (C=O) groups excluding carboxylic acids is 1. The maximum absolute atomic E-state index is 13.1. The van der Waals surface area contributed by atoms with Crippen molar-refractivity contribution in [1.29, 1.82) is 0 Å². The van der Waals surface area contributed by atoms with Crippen LogP contribution in [0.4, 0.5) is 0 Å². The van der Waals surface area contributed by atoms with E-state index in [1.54, 1.807) is 0 Å². The summed E-state index contributed by atoms with van der Waals surface area (Å²) in [6.45, 7) is 6.23. The lowest BCUT2D eigenvalue weighted by Gasteiger charge is -2.37. The third-order valence-electron chi connectivity index (χ3n) is 5.08. The number of nitrogens with zero attached hydrogens (tertiary/aromatic N) is 1. The Labute approximate surface area is 150 Å². The molecule has 134 valence electrons. The van der Waals surface area contributed by atoms with Gasteiger partial charge in [-0.3, -0.25) is 4.79 Å². The molecule has 0 aromatic heterocycles. The van der Waals surface area contributed by atoms with Gasteiger partial charge in [-0.2, -0.15) is 0 Å². The first-order valence-electron chi connectivity index (χ1n) is 8.65. The summed E-state index contributed by atoms with van der Waals surface area (Å²) in [5, 5.41) is 3.89. The molecular weight excluding hydrogens is 324 g/mol. The molecule has 4 nitrogen and oxygen atoms in total. The van der Waals surface area contributed by atoms with Crippen molar-refractivity contribution >= 4 is 17.5 Å². The quantitative estimate of drug-likeness (QED) is 0.855. The number of hydrogen-bond donors (Lipinski definition) is 1. The van der Waals surface area contributed by atoms with Gasteiger partial charge in [-0.1, -0.05) is 37.6 Å². The van der Waals surface area contributed by atoms with Crippen LogP contribution in [0.2, 0.25) is 5.02 Å². The van der Waals surface area contributed by atoms with Gasteiger partial charge in [-0.15, -0.1) is 0 Å². The molecule has 0 bridgehead atoms. The summed E-state index contributed by atoms with van der Waals surface area (Å²) < 4.78 is 5.51. The molecule has 1 heterocycles. The first-order valence-corrected chi connectivity index (χ1v) is 9.03. The number of rotatable bonds is 6. The van der Waals surface area contributed by atoms with E-state index < -0.39 is 5.41 Å². The fourth-order valence-corrected chi connectivity index (χ4v) is 3.64. The highest BCUT2D eigenvalue weighted by Crippen LogP contribution is 2.35. The number of ether oxygens (including phenoxy) is 1. The number of halogens is 1. The first-order chi connectivity index (χ1) is 11.4. The van der Waals surface area contributed by atoms with Crippen LogP contribution in [0.25, 0.3) is 0 Å². The SMILES string of the molecule is CC(C)[C@@H](CNC(=O)C1(c2ccc(Cl)cc2)CCOCC1)N(C)C. The Bertz CT molecular complexity index is 529. The molecule has 1 aliphatic heterocycles. The van der Waals surface area contributed by atoms with Crippen molar-refractivity contribution in [2.24, 2.45) is 5.92 Å². The molecule has 0 aliphatic carbocycles. The van der Waals surface area contributed by atoms with Crippen LogP contribution < -0.4 is 5.32 Å². The number of benzene rings is 1. The minimum Gasteiger partial charge on any atom is -0.381 e. The predicted molar refractivity (Wildman–Crippen MR) is 98.5 cm³/mol. The topological polar surface area (TPSA) is 41.6 Å². The van der Waals surface area contributed by atoms with Crippen LogP contribution >= 0.6 is 11.6 Å². The molecule has 1 aromatic rings. The van der Waals surface area contributed by atoms with E-state index in [0.29, 0.717) is 49.6 Å². The normalized spacial score (nSPS) is 18.6. The summed E-state index contributed by atoms with van der Waals surface area (Å²) in [5.74, 6) is 0.571. The zero-order chi connectivity index (χ0) is 17.7. The van der Waals surface area contributed by atoms with Gasteiger partial charge in [0.05, 0.1) is 5.41 Å². The van der Waals surface area contributed by atoms with E-state index in [1.165, 1.54) is 0 Å². The molecule has 5 heteroatoms. The van der Waals surface area contributed by atoms with Crippen LogP contribution in [0.3, 0.4) is 0 Å². The Balaban J connectivity index is 2.18. The lowest BCUT2D eigenvalue weighted by molar-refractivity contribution is -0.130. The van der Waals surface area contributed by atoms with Crippen LogP contribution in [0.1, 0.15) is 32.3 Å². The molecule has 0 unspecified atom stereocenters. The number of amides is 1. The third-order valence-corrected chi connectivity index (χ3v) is 5.33. The molecule has 0 saturated carbocycles. The molecule has 0 radical (unpaired) electrons. The second-order valence-corrected chi connectivity index (χ2v) is 7.62. The number of likely N-dealkylation sites (N-methyl/N-ethyl adjacent to an activating group) is 1. The van der Waals surface area contributed by atoms with Crippen LogP contribution in [0.5, 0.6) is 0 Å². The molecule has 2 rings (SSSR count).